The molecule has 0 heterocycles. The van der Waals surface area contributed by atoms with Gasteiger partial charge in [-0.15, -0.1) is 0 Å². The zero-order chi connectivity index (χ0) is 48.4. The van der Waals surface area contributed by atoms with Gasteiger partial charge < -0.3 is 29.7 Å². The molecule has 0 amide bonds. The average Bonchev–Trinajstić information content (AvgIpc) is 3.26. The Balaban J connectivity index is 0.000000165. The van der Waals surface area contributed by atoms with Crippen LogP contribution in [0.2, 0.25) is 0 Å². The van der Waals surface area contributed by atoms with E-state index in [1.165, 1.54) is 55.2 Å². The molecule has 0 radical (unpaired) electrons. The van der Waals surface area contributed by atoms with Gasteiger partial charge in [0.2, 0.25) is 0 Å². The number of hydrogen-bond acceptors (Lipinski definition) is 6. The van der Waals surface area contributed by atoms with Crippen molar-refractivity contribution in [2.24, 2.45) is 85.8 Å². The molecule has 0 aromatic rings. The van der Waals surface area contributed by atoms with Gasteiger partial charge in [-0.2, -0.15) is 0 Å². The van der Waals surface area contributed by atoms with E-state index in [-0.39, 0.29) is 59.8 Å². The van der Waals surface area contributed by atoms with Crippen LogP contribution in [0.15, 0.2) is 69.9 Å². The minimum atomic E-state index is -0.838. The first kappa shape index (κ1) is 54.1. The molecule has 9 rings (SSSR count). The number of hydrogen-bond donors (Lipinski definition) is 0. The molecule has 0 unspecified atom stereocenters. The van der Waals surface area contributed by atoms with Gasteiger partial charge in [-0.1, -0.05) is 156 Å². The third kappa shape index (κ3) is 9.52. The Bertz CT molecular complexity index is 1870. The van der Waals surface area contributed by atoms with Crippen molar-refractivity contribution in [3.05, 3.63) is 69.9 Å². The SMILES string of the molecule is CC(C)C1=CC2=CC[C@@H]3[C@](C)(CCC[C@@]3(C)C(=O)[O-])[C@H]2CC1.CC(C)C1=CC2=CC[C@@H]3[C@](C)(CCC[C@@]3(C)C(=O)[O-])[C@H]2CC1.CC(C)C1=CC2=CC[C@@H]3[C@](C)(CCC[C@@]3(C)C(=O)[O-])[C@H]2CC1.[In+3]. The number of carbonyl (C=O) groups excluding carboxylic acids is 3. The van der Waals surface area contributed by atoms with Gasteiger partial charge in [0.15, 0.2) is 0 Å². The summed E-state index contributed by atoms with van der Waals surface area (Å²) in [7, 11) is 0. The van der Waals surface area contributed by atoms with Crippen molar-refractivity contribution in [1.29, 1.82) is 0 Å². The van der Waals surface area contributed by atoms with Crippen LogP contribution in [-0.2, 0) is 14.4 Å². The fraction of sp³-hybridized carbons (Fsp3) is 0.750. The van der Waals surface area contributed by atoms with Gasteiger partial charge in [-0.05, 0) is 183 Å². The van der Waals surface area contributed by atoms with Gasteiger partial charge in [0.1, 0.15) is 0 Å². The van der Waals surface area contributed by atoms with Crippen LogP contribution >= 0.6 is 0 Å². The van der Waals surface area contributed by atoms with Crippen LogP contribution in [0.1, 0.15) is 199 Å². The van der Waals surface area contributed by atoms with Gasteiger partial charge in [-0.25, -0.2) is 0 Å². The maximum Gasteiger partial charge on any atom is 3.00 e. The van der Waals surface area contributed by atoms with Crippen LogP contribution in [0.5, 0.6) is 0 Å². The summed E-state index contributed by atoms with van der Waals surface area (Å²) in [6.45, 7) is 26.5. The van der Waals surface area contributed by atoms with Crippen molar-refractivity contribution in [1.82, 2.24) is 0 Å². The zero-order valence-electron chi connectivity index (χ0n) is 43.9. The summed E-state index contributed by atoms with van der Waals surface area (Å²) in [5.41, 5.74) is 7.52. The third-order valence-electron chi connectivity index (χ3n) is 21.1. The predicted molar refractivity (Wildman–Crippen MR) is 266 cm³/mol. The number of allylic oxidation sites excluding steroid dienone is 12. The maximum absolute atomic E-state index is 11.8. The Morgan fingerprint density at radius 2 is 0.687 bits per heavy atom. The zero-order valence-corrected chi connectivity index (χ0v) is 47.2. The summed E-state index contributed by atoms with van der Waals surface area (Å²) in [6, 6.07) is 0. The summed E-state index contributed by atoms with van der Waals surface area (Å²) < 4.78 is 0. The molecule has 9 aliphatic rings. The van der Waals surface area contributed by atoms with Crippen LogP contribution in [0, 0.1) is 85.8 Å². The Morgan fingerprint density at radius 1 is 0.448 bits per heavy atom. The molecule has 0 spiro atoms. The molecular weight excluding hydrogens is 931 g/mol. The Hall–Kier alpha value is -2.28. The molecule has 0 aliphatic heterocycles. The van der Waals surface area contributed by atoms with Crippen molar-refractivity contribution in [2.45, 2.75) is 199 Å². The molecule has 7 heteroatoms. The molecule has 0 N–H and O–H groups in total. The number of rotatable bonds is 6. The minimum absolute atomic E-state index is 0. The number of fused-ring (bicyclic) bond motifs is 9. The largest absolute Gasteiger partial charge is 3.00 e. The third-order valence-corrected chi connectivity index (χ3v) is 21.1. The molecule has 0 saturated heterocycles. The number of carboxylic acids is 3. The molecule has 0 aromatic carbocycles. The first-order valence-electron chi connectivity index (χ1n) is 26.7. The summed E-state index contributed by atoms with van der Waals surface area (Å²) in [4.78, 5) is 35.5. The van der Waals surface area contributed by atoms with E-state index in [0.29, 0.717) is 35.5 Å². The molecule has 0 bridgehead atoms. The van der Waals surface area contributed by atoms with Crippen LogP contribution in [0.25, 0.3) is 0 Å². The second-order valence-corrected chi connectivity index (χ2v) is 25.6. The van der Waals surface area contributed by atoms with Crippen LogP contribution in [0.3, 0.4) is 0 Å². The normalized spacial score (nSPS) is 40.7. The number of carbonyl (C=O) groups is 3. The van der Waals surface area contributed by atoms with E-state index in [9.17, 15) is 29.7 Å². The average molecular weight is 1020 g/mol. The standard InChI is InChI=1S/3C20H30O2.In/c3*1-13(2)14-6-8-16-15(12-14)7-9-17-19(16,3)10-5-11-20(17,4)18(21)22;/h3*7,12-13,16-17H,5-6,8-11H2,1-4H3,(H,21,22);/q;;;+3/p-3/t3*16-,17+,19+,20+;/m000./s1. The van der Waals surface area contributed by atoms with Crippen molar-refractivity contribution >= 4 is 43.8 Å². The van der Waals surface area contributed by atoms with Crippen molar-refractivity contribution < 1.29 is 29.7 Å². The monoisotopic (exact) mass is 1020 g/mol. The van der Waals surface area contributed by atoms with Crippen molar-refractivity contribution in [3.63, 3.8) is 0 Å². The van der Waals surface area contributed by atoms with E-state index in [1.807, 2.05) is 20.8 Å². The first-order valence-corrected chi connectivity index (χ1v) is 26.7. The molecule has 67 heavy (non-hydrogen) atoms. The van der Waals surface area contributed by atoms with E-state index in [1.54, 1.807) is 16.7 Å². The second-order valence-electron chi connectivity index (χ2n) is 25.6. The van der Waals surface area contributed by atoms with E-state index in [0.717, 1.165) is 77.0 Å². The molecule has 12 atom stereocenters. The Kier molecular flexibility index (Phi) is 16.2. The quantitative estimate of drug-likeness (QED) is 0.261. The topological polar surface area (TPSA) is 120 Å². The predicted octanol–water partition coefficient (Wildman–Crippen LogP) is 11.2. The summed E-state index contributed by atoms with van der Waals surface area (Å²) in [5.74, 6) is 1.61. The Morgan fingerprint density at radius 3 is 0.896 bits per heavy atom. The summed E-state index contributed by atoms with van der Waals surface area (Å²) >= 11 is 0. The molecular formula is C60H87InO6. The van der Waals surface area contributed by atoms with E-state index in [4.69, 9.17) is 0 Å². The molecule has 9 aliphatic carbocycles. The van der Waals surface area contributed by atoms with E-state index >= 15 is 0 Å². The number of carboxylic acid groups (broad SMARTS) is 3. The fourth-order valence-electron chi connectivity index (χ4n) is 16.8. The van der Waals surface area contributed by atoms with Gasteiger partial charge in [-0.3, -0.25) is 0 Å². The Labute approximate surface area is 425 Å². The molecule has 3 fully saturated rings. The van der Waals surface area contributed by atoms with Crippen molar-refractivity contribution in [3.8, 4) is 0 Å². The second kappa shape index (κ2) is 20.1. The smallest absolute Gasteiger partial charge is 0.550 e. The van der Waals surface area contributed by atoms with E-state index < -0.39 is 34.2 Å². The summed E-state index contributed by atoms with van der Waals surface area (Å²) in [6.07, 6.45) is 32.9. The number of aliphatic carboxylic acids is 3. The van der Waals surface area contributed by atoms with Crippen LogP contribution < -0.4 is 15.3 Å². The molecule has 3 saturated carbocycles. The van der Waals surface area contributed by atoms with Crippen LogP contribution in [-0.4, -0.2) is 43.8 Å². The van der Waals surface area contributed by atoms with Gasteiger partial charge >= 0.3 is 25.8 Å². The van der Waals surface area contributed by atoms with Crippen LogP contribution in [0.4, 0.5) is 0 Å². The van der Waals surface area contributed by atoms with Gasteiger partial charge in [0.05, 0.1) is 0 Å². The van der Waals surface area contributed by atoms with Gasteiger partial charge in [0.25, 0.3) is 0 Å². The van der Waals surface area contributed by atoms with Gasteiger partial charge in [0, 0.05) is 34.2 Å². The first-order chi connectivity index (χ1) is 30.9. The molecule has 6 nitrogen and oxygen atoms in total. The maximum atomic E-state index is 11.8. The molecule has 0 aromatic heterocycles. The fourth-order valence-corrected chi connectivity index (χ4v) is 16.8. The summed E-state index contributed by atoms with van der Waals surface area (Å²) in [5, 5.41) is 35.5. The van der Waals surface area contributed by atoms with Crippen molar-refractivity contribution in [2.75, 3.05) is 0 Å². The molecule has 366 valence electrons. The van der Waals surface area contributed by atoms with E-state index in [2.05, 4.69) is 98.8 Å². The minimum Gasteiger partial charge on any atom is -0.550 e.